The number of aryl methyl sites for hydroxylation is 1. The molecule has 0 radical (unpaired) electrons. The Labute approximate surface area is 190 Å². The summed E-state index contributed by atoms with van der Waals surface area (Å²) in [6, 6.07) is 14.2. The minimum atomic E-state index is -1.11. The van der Waals surface area contributed by atoms with Crippen molar-refractivity contribution >= 4 is 22.8 Å². The molecule has 1 aliphatic rings. The lowest BCUT2D eigenvalue weighted by Crippen LogP contribution is -2.30. The topological polar surface area (TPSA) is 97.8 Å². The summed E-state index contributed by atoms with van der Waals surface area (Å²) in [7, 11) is 1.24. The third kappa shape index (κ3) is 4.39. The van der Waals surface area contributed by atoms with Gasteiger partial charge in [-0.2, -0.15) is 0 Å². The lowest BCUT2D eigenvalue weighted by Gasteiger charge is -2.16. The molecule has 1 aromatic heterocycles. The molecular weight excluding hydrogens is 427 g/mol. The van der Waals surface area contributed by atoms with Gasteiger partial charge in [0.2, 0.25) is 5.91 Å². The number of halogens is 1. The number of aromatic nitrogens is 1. The molecule has 1 heterocycles. The van der Waals surface area contributed by atoms with Gasteiger partial charge in [0.15, 0.2) is 11.6 Å². The van der Waals surface area contributed by atoms with Crippen LogP contribution in [0.25, 0.3) is 10.9 Å². The number of esters is 1. The molecule has 1 amide bonds. The first-order valence-electron chi connectivity index (χ1n) is 10.7. The van der Waals surface area contributed by atoms with E-state index in [9.17, 15) is 14.0 Å². The number of rotatable bonds is 8. The van der Waals surface area contributed by atoms with Gasteiger partial charge in [0, 0.05) is 16.6 Å². The van der Waals surface area contributed by atoms with Gasteiger partial charge in [0.25, 0.3) is 0 Å². The van der Waals surface area contributed by atoms with Gasteiger partial charge in [-0.15, -0.1) is 0 Å². The van der Waals surface area contributed by atoms with Crippen molar-refractivity contribution in [1.29, 1.82) is 0 Å². The van der Waals surface area contributed by atoms with Gasteiger partial charge in [-0.05, 0) is 49.1 Å². The average molecular weight is 452 g/mol. The molecule has 8 heteroatoms. The minimum absolute atomic E-state index is 0.0882. The maximum Gasteiger partial charge on any atom is 0.312 e. The van der Waals surface area contributed by atoms with Crippen LogP contribution >= 0.6 is 0 Å². The number of methoxy groups -OCH3 is 1. The van der Waals surface area contributed by atoms with Gasteiger partial charge < -0.3 is 9.47 Å². The highest BCUT2D eigenvalue weighted by molar-refractivity contribution is 5.93. The fourth-order valence-corrected chi connectivity index (χ4v) is 4.32. The molecule has 1 aliphatic carbocycles. The Balaban J connectivity index is 1.52. The number of hydrogen-bond acceptors (Lipinski definition) is 6. The summed E-state index contributed by atoms with van der Waals surface area (Å²) in [6.45, 7) is 2.20. The summed E-state index contributed by atoms with van der Waals surface area (Å²) in [6.07, 6.45) is 1.11. The quantitative estimate of drug-likeness (QED) is 0.307. The maximum absolute atomic E-state index is 14.8. The largest absolute Gasteiger partial charge is 0.486 e. The van der Waals surface area contributed by atoms with Crippen molar-refractivity contribution in [2.45, 2.75) is 32.8 Å². The second-order valence-electron chi connectivity index (χ2n) is 8.25. The van der Waals surface area contributed by atoms with Gasteiger partial charge in [-0.3, -0.25) is 19.8 Å². The molecule has 0 saturated heterocycles. The first-order valence-corrected chi connectivity index (χ1v) is 10.7. The van der Waals surface area contributed by atoms with E-state index in [0.29, 0.717) is 5.56 Å². The van der Waals surface area contributed by atoms with E-state index < -0.39 is 29.0 Å². The van der Waals surface area contributed by atoms with Crippen LogP contribution in [0.4, 0.5) is 4.39 Å². The van der Waals surface area contributed by atoms with Crippen LogP contribution in [0.2, 0.25) is 0 Å². The van der Waals surface area contributed by atoms with Crippen LogP contribution in [-0.2, 0) is 33.8 Å². The van der Waals surface area contributed by atoms with Crippen molar-refractivity contribution in [3.8, 4) is 5.75 Å². The highest BCUT2D eigenvalue weighted by Crippen LogP contribution is 2.55. The fraction of sp³-hybridized carbons (Fsp3) is 0.320. The Morgan fingerprint density at radius 3 is 2.73 bits per heavy atom. The summed E-state index contributed by atoms with van der Waals surface area (Å²) < 4.78 is 25.5. The van der Waals surface area contributed by atoms with Crippen LogP contribution < -0.4 is 10.2 Å². The summed E-state index contributed by atoms with van der Waals surface area (Å²) in [4.78, 5) is 28.7. The Morgan fingerprint density at radius 2 is 2.03 bits per heavy atom. The van der Waals surface area contributed by atoms with E-state index in [1.165, 1.54) is 19.2 Å². The predicted octanol–water partition coefficient (Wildman–Crippen LogP) is 3.74. The molecule has 2 N–H and O–H groups in total. The molecular formula is C25H25FN2O5. The van der Waals surface area contributed by atoms with Gasteiger partial charge in [-0.25, -0.2) is 9.87 Å². The molecule has 2 atom stereocenters. The molecule has 0 bridgehead atoms. The number of para-hydroxylation sites is 1. The minimum Gasteiger partial charge on any atom is -0.486 e. The normalized spacial score (nSPS) is 19.2. The van der Waals surface area contributed by atoms with Crippen LogP contribution in [0.1, 0.15) is 30.2 Å². The van der Waals surface area contributed by atoms with Crippen molar-refractivity contribution in [3.05, 3.63) is 71.2 Å². The van der Waals surface area contributed by atoms with E-state index in [1.807, 2.05) is 37.3 Å². The van der Waals surface area contributed by atoms with Gasteiger partial charge in [-0.1, -0.05) is 31.2 Å². The van der Waals surface area contributed by atoms with Crippen LogP contribution in [0.3, 0.4) is 0 Å². The van der Waals surface area contributed by atoms with Gasteiger partial charge >= 0.3 is 5.97 Å². The Hall–Kier alpha value is -3.52. The number of nitrogens with zero attached hydrogens (tertiary/aromatic N) is 1. The first-order chi connectivity index (χ1) is 15.9. The number of pyridine rings is 1. The van der Waals surface area contributed by atoms with Crippen LogP contribution in [0.5, 0.6) is 5.75 Å². The first kappa shape index (κ1) is 22.7. The Bertz CT molecular complexity index is 1210. The van der Waals surface area contributed by atoms with Crippen LogP contribution in [-0.4, -0.2) is 29.2 Å². The standard InChI is InChI=1S/C25H25FN2O5/c1-3-17-11-16(18-6-4-5-7-21(18)27-17)14-33-22-9-8-15(10-20(22)26)12-25(24(30)32-2)13-19(25)23(29)28-31/h4-11,19,31H,3,12-14H2,1-2H3,(H,28,29)/t19-,25+/m1/s1. The van der Waals surface area contributed by atoms with Crippen molar-refractivity contribution in [1.82, 2.24) is 10.5 Å². The number of hydrogen-bond donors (Lipinski definition) is 2. The molecule has 7 nitrogen and oxygen atoms in total. The van der Waals surface area contributed by atoms with Gasteiger partial charge in [0.1, 0.15) is 6.61 Å². The number of carbonyl (C=O) groups is 2. The molecule has 2 aromatic carbocycles. The molecule has 0 aliphatic heterocycles. The van der Waals surface area contributed by atoms with Crippen molar-refractivity contribution in [3.63, 3.8) is 0 Å². The zero-order valence-electron chi connectivity index (χ0n) is 18.4. The maximum atomic E-state index is 14.8. The molecule has 3 aromatic rings. The second-order valence-corrected chi connectivity index (χ2v) is 8.25. The van der Waals surface area contributed by atoms with Crippen LogP contribution in [0.15, 0.2) is 48.5 Å². The summed E-state index contributed by atoms with van der Waals surface area (Å²) >= 11 is 0. The van der Waals surface area contributed by atoms with E-state index in [4.69, 9.17) is 14.7 Å². The number of amides is 1. The monoisotopic (exact) mass is 452 g/mol. The van der Waals surface area contributed by atoms with E-state index in [-0.39, 0.29) is 25.2 Å². The third-order valence-electron chi connectivity index (χ3n) is 6.21. The SMILES string of the molecule is CCc1cc(COc2ccc(C[C@]3(C(=O)OC)C[C@@H]3C(=O)NO)cc2F)c2ccccc2n1. The van der Waals surface area contributed by atoms with E-state index in [2.05, 4.69) is 4.98 Å². The third-order valence-corrected chi connectivity index (χ3v) is 6.21. The number of carbonyl (C=O) groups excluding carboxylic acids is 2. The summed E-state index contributed by atoms with van der Waals surface area (Å²) in [5, 5.41) is 9.85. The van der Waals surface area contributed by atoms with E-state index in [1.54, 1.807) is 11.5 Å². The number of benzene rings is 2. The number of nitrogens with one attached hydrogen (secondary N) is 1. The molecule has 1 saturated carbocycles. The zero-order chi connectivity index (χ0) is 23.6. The second kappa shape index (κ2) is 9.15. The smallest absolute Gasteiger partial charge is 0.312 e. The fourth-order valence-electron chi connectivity index (χ4n) is 4.32. The Kier molecular flexibility index (Phi) is 6.29. The molecule has 172 valence electrons. The van der Waals surface area contributed by atoms with Crippen LogP contribution in [0, 0.1) is 17.2 Å². The van der Waals surface area contributed by atoms with Crippen molar-refractivity contribution in [2.75, 3.05) is 7.11 Å². The number of ether oxygens (including phenoxy) is 2. The number of fused-ring (bicyclic) bond motifs is 1. The lowest BCUT2D eigenvalue weighted by molar-refractivity contribution is -0.149. The van der Waals surface area contributed by atoms with Gasteiger partial charge in [0.05, 0.1) is 24.0 Å². The van der Waals surface area contributed by atoms with E-state index in [0.717, 1.165) is 28.6 Å². The lowest BCUT2D eigenvalue weighted by atomic mass is 9.93. The highest BCUT2D eigenvalue weighted by atomic mass is 19.1. The summed E-state index contributed by atoms with van der Waals surface area (Å²) in [5.41, 5.74) is 3.71. The van der Waals surface area contributed by atoms with Crippen molar-refractivity contribution < 1.29 is 28.7 Å². The summed E-state index contributed by atoms with van der Waals surface area (Å²) in [5.74, 6) is -2.41. The average Bonchev–Trinajstić information content (AvgIpc) is 3.57. The molecule has 0 unspecified atom stereocenters. The van der Waals surface area contributed by atoms with E-state index >= 15 is 0 Å². The molecule has 0 spiro atoms. The predicted molar refractivity (Wildman–Crippen MR) is 118 cm³/mol. The molecule has 1 fully saturated rings. The number of hydroxylamine groups is 1. The Morgan fingerprint density at radius 1 is 1.24 bits per heavy atom. The zero-order valence-corrected chi connectivity index (χ0v) is 18.4. The molecule has 4 rings (SSSR count). The van der Waals surface area contributed by atoms with Crippen molar-refractivity contribution in [2.24, 2.45) is 11.3 Å². The highest BCUT2D eigenvalue weighted by Gasteiger charge is 2.64. The molecule has 33 heavy (non-hydrogen) atoms.